The fraction of sp³-hybridized carbons (Fsp3) is 0.917. The summed E-state index contributed by atoms with van der Waals surface area (Å²) in [4.78, 5) is 2.28. The van der Waals surface area contributed by atoms with Gasteiger partial charge in [0.25, 0.3) is 0 Å². The molecular weight excluding hydrogens is 188 g/mol. The average molecular weight is 212 g/mol. The molecule has 0 saturated heterocycles. The number of nitriles is 1. The molecule has 0 aliphatic rings. The lowest BCUT2D eigenvalue weighted by molar-refractivity contribution is 0.0774. The maximum absolute atomic E-state index is 8.53. The number of hydrogen-bond acceptors (Lipinski definition) is 3. The maximum atomic E-state index is 8.53. The van der Waals surface area contributed by atoms with Crippen LogP contribution in [0.2, 0.25) is 0 Å². The van der Waals surface area contributed by atoms with Crippen LogP contribution in [0.4, 0.5) is 0 Å². The first kappa shape index (κ1) is 14.4. The summed E-state index contributed by atoms with van der Waals surface area (Å²) in [7, 11) is 0. The molecule has 0 fully saturated rings. The van der Waals surface area contributed by atoms with Crippen LogP contribution in [-0.2, 0) is 4.74 Å². The predicted octanol–water partition coefficient (Wildman–Crippen LogP) is 2.28. The minimum Gasteiger partial charge on any atom is -0.380 e. The van der Waals surface area contributed by atoms with Gasteiger partial charge in [-0.3, -0.25) is 4.90 Å². The highest BCUT2D eigenvalue weighted by atomic mass is 16.5. The van der Waals surface area contributed by atoms with Crippen molar-refractivity contribution in [2.75, 3.05) is 26.3 Å². The third-order valence-corrected chi connectivity index (χ3v) is 2.22. The zero-order valence-corrected chi connectivity index (χ0v) is 10.5. The molecule has 3 nitrogen and oxygen atoms in total. The Kier molecular flexibility index (Phi) is 8.35. The fourth-order valence-electron chi connectivity index (χ4n) is 1.32. The number of hydrogen-bond donors (Lipinski definition) is 0. The van der Waals surface area contributed by atoms with Gasteiger partial charge in [0.05, 0.1) is 12.7 Å². The van der Waals surface area contributed by atoms with Gasteiger partial charge in [0.2, 0.25) is 0 Å². The lowest BCUT2D eigenvalue weighted by Gasteiger charge is -2.25. The van der Waals surface area contributed by atoms with Gasteiger partial charge in [-0.05, 0) is 19.8 Å². The first-order chi connectivity index (χ1) is 7.07. The van der Waals surface area contributed by atoms with Crippen LogP contribution in [0.15, 0.2) is 0 Å². The van der Waals surface area contributed by atoms with Crippen LogP contribution < -0.4 is 0 Å². The van der Waals surface area contributed by atoms with E-state index in [0.717, 1.165) is 26.3 Å². The molecule has 0 N–H and O–H groups in total. The Morgan fingerprint density at radius 1 is 1.20 bits per heavy atom. The summed E-state index contributed by atoms with van der Waals surface area (Å²) in [5.41, 5.74) is 0. The number of rotatable bonds is 8. The first-order valence-corrected chi connectivity index (χ1v) is 5.76. The highest BCUT2D eigenvalue weighted by molar-refractivity contribution is 4.73. The highest BCUT2D eigenvalue weighted by Gasteiger charge is 2.08. The van der Waals surface area contributed by atoms with Gasteiger partial charge in [-0.2, -0.15) is 5.26 Å². The van der Waals surface area contributed by atoms with Gasteiger partial charge >= 0.3 is 0 Å². The Bertz CT molecular complexity index is 185. The van der Waals surface area contributed by atoms with E-state index in [1.165, 1.54) is 0 Å². The lowest BCUT2D eigenvalue weighted by Crippen LogP contribution is -2.34. The Morgan fingerprint density at radius 3 is 2.33 bits per heavy atom. The van der Waals surface area contributed by atoms with Crippen LogP contribution in [0.1, 0.15) is 34.1 Å². The molecule has 3 heteroatoms. The minimum absolute atomic E-state index is 0.487. The molecule has 0 radical (unpaired) electrons. The van der Waals surface area contributed by atoms with Crippen molar-refractivity contribution in [1.29, 1.82) is 5.26 Å². The summed E-state index contributed by atoms with van der Waals surface area (Å²) in [6.45, 7) is 12.0. The van der Waals surface area contributed by atoms with Crippen LogP contribution in [0.3, 0.4) is 0 Å². The van der Waals surface area contributed by atoms with Crippen molar-refractivity contribution in [2.24, 2.45) is 5.92 Å². The fourth-order valence-corrected chi connectivity index (χ4v) is 1.32. The molecule has 0 aliphatic heterocycles. The maximum Gasteiger partial charge on any atom is 0.0635 e. The van der Waals surface area contributed by atoms with Crippen molar-refractivity contribution in [2.45, 2.75) is 40.2 Å². The molecule has 0 unspecified atom stereocenters. The third-order valence-electron chi connectivity index (χ3n) is 2.22. The van der Waals surface area contributed by atoms with Gasteiger partial charge < -0.3 is 4.74 Å². The Hall–Kier alpha value is -0.590. The van der Waals surface area contributed by atoms with Crippen molar-refractivity contribution in [3.63, 3.8) is 0 Å². The van der Waals surface area contributed by atoms with Crippen molar-refractivity contribution in [1.82, 2.24) is 4.90 Å². The van der Waals surface area contributed by atoms with Crippen molar-refractivity contribution < 1.29 is 4.74 Å². The van der Waals surface area contributed by atoms with Crippen LogP contribution >= 0.6 is 0 Å². The van der Waals surface area contributed by atoms with Gasteiger partial charge in [-0.1, -0.05) is 13.8 Å². The second-order valence-electron chi connectivity index (χ2n) is 4.51. The summed E-state index contributed by atoms with van der Waals surface area (Å²) in [6.07, 6.45) is 0.600. The zero-order chi connectivity index (χ0) is 11.7. The molecule has 15 heavy (non-hydrogen) atoms. The Balaban J connectivity index is 3.63. The molecule has 0 heterocycles. The van der Waals surface area contributed by atoms with Crippen molar-refractivity contribution >= 4 is 0 Å². The number of ether oxygens (including phenoxy) is 1. The van der Waals surface area contributed by atoms with Crippen LogP contribution in [-0.4, -0.2) is 37.2 Å². The molecule has 0 aromatic heterocycles. The molecule has 88 valence electrons. The van der Waals surface area contributed by atoms with E-state index in [9.17, 15) is 0 Å². The smallest absolute Gasteiger partial charge is 0.0635 e. The summed E-state index contributed by atoms with van der Waals surface area (Å²) < 4.78 is 5.53. The van der Waals surface area contributed by atoms with E-state index in [-0.39, 0.29) is 0 Å². The van der Waals surface area contributed by atoms with Gasteiger partial charge in [-0.25, -0.2) is 0 Å². The SMILES string of the molecule is CC(C)COCCN(CCC#N)C(C)C. The lowest BCUT2D eigenvalue weighted by atomic mass is 10.2. The normalized spacial score (nSPS) is 11.3. The Morgan fingerprint density at radius 2 is 1.87 bits per heavy atom. The molecule has 0 spiro atoms. The van der Waals surface area contributed by atoms with Crippen molar-refractivity contribution in [3.05, 3.63) is 0 Å². The quantitative estimate of drug-likeness (QED) is 0.579. The van der Waals surface area contributed by atoms with Crippen molar-refractivity contribution in [3.8, 4) is 6.07 Å². The molecule has 0 aromatic rings. The van der Waals surface area contributed by atoms with E-state index in [1.54, 1.807) is 0 Å². The molecule has 0 aromatic carbocycles. The second kappa shape index (κ2) is 8.70. The second-order valence-corrected chi connectivity index (χ2v) is 4.51. The predicted molar refractivity (Wildman–Crippen MR) is 62.6 cm³/mol. The van der Waals surface area contributed by atoms with Gasteiger partial charge in [-0.15, -0.1) is 0 Å². The number of nitrogens with zero attached hydrogens (tertiary/aromatic N) is 2. The third kappa shape index (κ3) is 8.41. The van der Waals surface area contributed by atoms with Gasteiger partial charge in [0, 0.05) is 32.2 Å². The summed E-state index contributed by atoms with van der Waals surface area (Å²) in [6, 6.07) is 2.67. The molecule has 0 atom stereocenters. The van der Waals surface area contributed by atoms with E-state index in [4.69, 9.17) is 10.00 Å². The van der Waals surface area contributed by atoms with E-state index in [0.29, 0.717) is 18.4 Å². The van der Waals surface area contributed by atoms with E-state index in [2.05, 4.69) is 38.7 Å². The minimum atomic E-state index is 0.487. The first-order valence-electron chi connectivity index (χ1n) is 5.76. The van der Waals surface area contributed by atoms with E-state index < -0.39 is 0 Å². The molecule has 0 aliphatic carbocycles. The summed E-state index contributed by atoms with van der Waals surface area (Å²) in [5, 5.41) is 8.53. The largest absolute Gasteiger partial charge is 0.380 e. The molecule has 0 rings (SSSR count). The molecular formula is C12H24N2O. The standard InChI is InChI=1S/C12H24N2O/c1-11(2)10-15-9-8-14(12(3)4)7-5-6-13/h11-12H,5,7-10H2,1-4H3. The van der Waals surface area contributed by atoms with Gasteiger partial charge in [0.15, 0.2) is 0 Å². The molecule has 0 bridgehead atoms. The van der Waals surface area contributed by atoms with E-state index >= 15 is 0 Å². The molecule has 0 amide bonds. The highest BCUT2D eigenvalue weighted by Crippen LogP contribution is 2.00. The summed E-state index contributed by atoms with van der Waals surface area (Å²) in [5.74, 6) is 0.594. The van der Waals surface area contributed by atoms with Gasteiger partial charge in [0.1, 0.15) is 0 Å². The van der Waals surface area contributed by atoms with Crippen LogP contribution in [0, 0.1) is 17.2 Å². The average Bonchev–Trinajstić information content (AvgIpc) is 2.15. The van der Waals surface area contributed by atoms with Crippen LogP contribution in [0.25, 0.3) is 0 Å². The summed E-state index contributed by atoms with van der Waals surface area (Å²) >= 11 is 0. The monoisotopic (exact) mass is 212 g/mol. The molecule has 0 saturated carbocycles. The van der Waals surface area contributed by atoms with Crippen LogP contribution in [0.5, 0.6) is 0 Å². The zero-order valence-electron chi connectivity index (χ0n) is 10.5. The topological polar surface area (TPSA) is 36.3 Å². The van der Waals surface area contributed by atoms with E-state index in [1.807, 2.05) is 0 Å². The Labute approximate surface area is 94.0 Å².